The molecule has 5 nitrogen and oxygen atoms in total. The highest BCUT2D eigenvalue weighted by Gasteiger charge is 2.11. The maximum atomic E-state index is 13.2. The van der Waals surface area contributed by atoms with Crippen LogP contribution in [0.4, 0.5) is 4.39 Å². The van der Waals surface area contributed by atoms with E-state index in [1.165, 1.54) is 12.1 Å². The van der Waals surface area contributed by atoms with Gasteiger partial charge in [-0.05, 0) is 30.7 Å². The van der Waals surface area contributed by atoms with Crippen molar-refractivity contribution in [2.45, 2.75) is 20.1 Å². The molecule has 0 atom stereocenters. The van der Waals surface area contributed by atoms with Gasteiger partial charge >= 0.3 is 0 Å². The molecule has 0 fully saturated rings. The lowest BCUT2D eigenvalue weighted by Gasteiger charge is -2.06. The third kappa shape index (κ3) is 3.03. The van der Waals surface area contributed by atoms with Crippen LogP contribution in [0.25, 0.3) is 0 Å². The van der Waals surface area contributed by atoms with Crippen molar-refractivity contribution in [3.05, 3.63) is 52.6 Å². The standard InChI is InChI=1S/C14H16FN3O2/c1-9-5-13(17-18(9)2)14(20)16-7-10-3-4-12(15)11(6-10)8-19/h3-6,19H,7-8H2,1-2H3,(H,16,20). The van der Waals surface area contributed by atoms with E-state index in [1.807, 2.05) is 6.92 Å². The van der Waals surface area contributed by atoms with Crippen LogP contribution in [0.5, 0.6) is 0 Å². The Morgan fingerprint density at radius 2 is 2.20 bits per heavy atom. The minimum Gasteiger partial charge on any atom is -0.392 e. The molecule has 0 radical (unpaired) electrons. The van der Waals surface area contributed by atoms with E-state index in [0.29, 0.717) is 5.69 Å². The van der Waals surface area contributed by atoms with Crippen molar-refractivity contribution in [1.82, 2.24) is 15.1 Å². The Labute approximate surface area is 116 Å². The van der Waals surface area contributed by atoms with Crippen LogP contribution in [0, 0.1) is 12.7 Å². The average Bonchev–Trinajstić information content (AvgIpc) is 2.77. The normalized spacial score (nSPS) is 10.6. The molecule has 1 aromatic carbocycles. The van der Waals surface area contributed by atoms with E-state index in [4.69, 9.17) is 5.11 Å². The van der Waals surface area contributed by atoms with Gasteiger partial charge in [0.15, 0.2) is 0 Å². The number of aliphatic hydroxyl groups excluding tert-OH is 1. The topological polar surface area (TPSA) is 67.2 Å². The van der Waals surface area contributed by atoms with Gasteiger partial charge in [-0.15, -0.1) is 0 Å². The van der Waals surface area contributed by atoms with E-state index < -0.39 is 5.82 Å². The van der Waals surface area contributed by atoms with Crippen molar-refractivity contribution in [3.63, 3.8) is 0 Å². The van der Waals surface area contributed by atoms with Gasteiger partial charge < -0.3 is 10.4 Å². The van der Waals surface area contributed by atoms with Crippen LogP contribution < -0.4 is 5.32 Å². The lowest BCUT2D eigenvalue weighted by atomic mass is 10.1. The second-order valence-corrected chi connectivity index (χ2v) is 4.56. The summed E-state index contributed by atoms with van der Waals surface area (Å²) in [4.78, 5) is 11.9. The lowest BCUT2D eigenvalue weighted by Crippen LogP contribution is -2.23. The molecule has 6 heteroatoms. The maximum absolute atomic E-state index is 13.2. The summed E-state index contributed by atoms with van der Waals surface area (Å²) in [5, 5.41) is 15.8. The highest BCUT2D eigenvalue weighted by atomic mass is 19.1. The van der Waals surface area contributed by atoms with E-state index in [9.17, 15) is 9.18 Å². The first kappa shape index (κ1) is 14.2. The van der Waals surface area contributed by atoms with Crippen LogP contribution in [-0.4, -0.2) is 20.8 Å². The predicted octanol–water partition coefficient (Wildman–Crippen LogP) is 1.29. The number of aromatic nitrogens is 2. The molecule has 0 saturated heterocycles. The summed E-state index contributed by atoms with van der Waals surface area (Å²) in [6.07, 6.45) is 0. The predicted molar refractivity (Wildman–Crippen MR) is 71.4 cm³/mol. The van der Waals surface area contributed by atoms with Crippen LogP contribution in [0.3, 0.4) is 0 Å². The monoisotopic (exact) mass is 277 g/mol. The Balaban J connectivity index is 2.03. The highest BCUT2D eigenvalue weighted by molar-refractivity contribution is 5.92. The first-order chi connectivity index (χ1) is 9.51. The van der Waals surface area contributed by atoms with Gasteiger partial charge in [0.05, 0.1) is 6.61 Å². The summed E-state index contributed by atoms with van der Waals surface area (Å²) in [5.41, 5.74) is 2.16. The molecule has 1 aromatic heterocycles. The number of carbonyl (C=O) groups is 1. The molecule has 2 N–H and O–H groups in total. The van der Waals surface area contributed by atoms with Crippen molar-refractivity contribution >= 4 is 5.91 Å². The van der Waals surface area contributed by atoms with Crippen LogP contribution in [0.15, 0.2) is 24.3 Å². The van der Waals surface area contributed by atoms with Gasteiger partial charge in [-0.25, -0.2) is 4.39 Å². The first-order valence-corrected chi connectivity index (χ1v) is 6.18. The zero-order valence-corrected chi connectivity index (χ0v) is 11.4. The van der Waals surface area contributed by atoms with Gasteiger partial charge in [-0.2, -0.15) is 5.10 Å². The molecular weight excluding hydrogens is 261 g/mol. The number of nitrogens with one attached hydrogen (secondary N) is 1. The molecule has 0 aliphatic rings. The molecule has 20 heavy (non-hydrogen) atoms. The van der Waals surface area contributed by atoms with Crippen molar-refractivity contribution in [1.29, 1.82) is 0 Å². The molecule has 0 unspecified atom stereocenters. The van der Waals surface area contributed by atoms with E-state index in [-0.39, 0.29) is 24.6 Å². The lowest BCUT2D eigenvalue weighted by molar-refractivity contribution is 0.0945. The number of carbonyl (C=O) groups excluding carboxylic acids is 1. The fourth-order valence-corrected chi connectivity index (χ4v) is 1.80. The van der Waals surface area contributed by atoms with Crippen LogP contribution in [-0.2, 0) is 20.2 Å². The third-order valence-corrected chi connectivity index (χ3v) is 3.08. The number of benzene rings is 1. The quantitative estimate of drug-likeness (QED) is 0.885. The van der Waals surface area contributed by atoms with Crippen LogP contribution in [0.2, 0.25) is 0 Å². The van der Waals surface area contributed by atoms with Crippen molar-refractivity contribution in [2.24, 2.45) is 7.05 Å². The van der Waals surface area contributed by atoms with Gasteiger partial charge in [-0.1, -0.05) is 6.07 Å². The van der Waals surface area contributed by atoms with Crippen molar-refractivity contribution < 1.29 is 14.3 Å². The Morgan fingerprint density at radius 1 is 1.45 bits per heavy atom. The number of rotatable bonds is 4. The van der Waals surface area contributed by atoms with Crippen LogP contribution >= 0.6 is 0 Å². The maximum Gasteiger partial charge on any atom is 0.272 e. The number of aliphatic hydroxyl groups is 1. The first-order valence-electron chi connectivity index (χ1n) is 6.18. The second-order valence-electron chi connectivity index (χ2n) is 4.56. The zero-order chi connectivity index (χ0) is 14.7. The van der Waals surface area contributed by atoms with Gasteiger partial charge in [-0.3, -0.25) is 9.48 Å². The summed E-state index contributed by atoms with van der Waals surface area (Å²) in [6, 6.07) is 6.06. The molecule has 0 bridgehead atoms. The summed E-state index contributed by atoms with van der Waals surface area (Å²) >= 11 is 0. The van der Waals surface area contributed by atoms with Gasteiger partial charge in [0.1, 0.15) is 11.5 Å². The fourth-order valence-electron chi connectivity index (χ4n) is 1.80. The van der Waals surface area contributed by atoms with Crippen molar-refractivity contribution in [3.8, 4) is 0 Å². The second kappa shape index (κ2) is 5.83. The smallest absolute Gasteiger partial charge is 0.272 e. The van der Waals surface area contributed by atoms with Gasteiger partial charge in [0.2, 0.25) is 0 Å². The number of hydrogen-bond donors (Lipinski definition) is 2. The average molecular weight is 277 g/mol. The molecule has 1 amide bonds. The van der Waals surface area contributed by atoms with Gasteiger partial charge in [0.25, 0.3) is 5.91 Å². The van der Waals surface area contributed by atoms with Crippen LogP contribution in [0.1, 0.15) is 27.3 Å². The molecular formula is C14H16FN3O2. The molecule has 0 aliphatic carbocycles. The number of nitrogens with zero attached hydrogens (tertiary/aromatic N) is 2. The SMILES string of the molecule is Cc1cc(C(=O)NCc2ccc(F)c(CO)c2)nn1C. The zero-order valence-electron chi connectivity index (χ0n) is 11.4. The summed E-state index contributed by atoms with van der Waals surface area (Å²) in [7, 11) is 1.76. The number of halogens is 1. The minimum absolute atomic E-state index is 0.213. The summed E-state index contributed by atoms with van der Waals surface area (Å²) in [6.45, 7) is 1.74. The van der Waals surface area contributed by atoms with Gasteiger partial charge in [0, 0.05) is 24.8 Å². The third-order valence-electron chi connectivity index (χ3n) is 3.08. The van der Waals surface area contributed by atoms with E-state index in [0.717, 1.165) is 11.3 Å². The Hall–Kier alpha value is -2.21. The molecule has 0 saturated carbocycles. The minimum atomic E-state index is -0.456. The fraction of sp³-hybridized carbons (Fsp3) is 0.286. The summed E-state index contributed by atoms with van der Waals surface area (Å²) in [5.74, 6) is -0.744. The molecule has 106 valence electrons. The van der Waals surface area contributed by atoms with E-state index >= 15 is 0 Å². The molecule has 2 rings (SSSR count). The number of aryl methyl sites for hydroxylation is 2. The molecule has 1 heterocycles. The largest absolute Gasteiger partial charge is 0.392 e. The Kier molecular flexibility index (Phi) is 4.14. The Morgan fingerprint density at radius 3 is 2.80 bits per heavy atom. The van der Waals surface area contributed by atoms with E-state index in [2.05, 4.69) is 10.4 Å². The van der Waals surface area contributed by atoms with E-state index in [1.54, 1.807) is 23.9 Å². The highest BCUT2D eigenvalue weighted by Crippen LogP contribution is 2.10. The Bertz CT molecular complexity index is 618. The number of hydrogen-bond acceptors (Lipinski definition) is 3. The van der Waals surface area contributed by atoms with Crippen molar-refractivity contribution in [2.75, 3.05) is 0 Å². The molecule has 0 spiro atoms. The molecule has 0 aliphatic heterocycles. The number of amides is 1. The summed E-state index contributed by atoms with van der Waals surface area (Å²) < 4.78 is 14.8. The molecule has 2 aromatic rings.